The van der Waals surface area contributed by atoms with Gasteiger partial charge in [0.15, 0.2) is 6.61 Å². The van der Waals surface area contributed by atoms with Gasteiger partial charge in [0.1, 0.15) is 5.75 Å². The van der Waals surface area contributed by atoms with Crippen molar-refractivity contribution in [1.82, 2.24) is 5.32 Å². The summed E-state index contributed by atoms with van der Waals surface area (Å²) in [6, 6.07) is 11.1. The molecule has 3 N–H and O–H groups in total. The van der Waals surface area contributed by atoms with Crippen LogP contribution in [-0.2, 0) is 17.6 Å². The zero-order valence-corrected chi connectivity index (χ0v) is 13.7. The van der Waals surface area contributed by atoms with Crippen molar-refractivity contribution in [2.45, 2.75) is 12.8 Å². The second-order valence-corrected chi connectivity index (χ2v) is 6.24. The van der Waals surface area contributed by atoms with Crippen LogP contribution in [0.15, 0.2) is 36.4 Å². The van der Waals surface area contributed by atoms with Gasteiger partial charge in [-0.25, -0.2) is 0 Å². The van der Waals surface area contributed by atoms with Crippen LogP contribution in [-0.4, -0.2) is 31.5 Å². The first kappa shape index (κ1) is 15.7. The van der Waals surface area contributed by atoms with E-state index >= 15 is 0 Å². The monoisotopic (exact) mass is 337 g/mol. The third-order valence-corrected chi connectivity index (χ3v) is 4.48. The van der Waals surface area contributed by atoms with Gasteiger partial charge < -0.3 is 20.7 Å². The maximum atomic E-state index is 12.6. The van der Waals surface area contributed by atoms with Gasteiger partial charge in [0.05, 0.1) is 5.69 Å². The minimum Gasteiger partial charge on any atom is -0.482 e. The highest BCUT2D eigenvalue weighted by Crippen LogP contribution is 2.30. The summed E-state index contributed by atoms with van der Waals surface area (Å²) in [6.07, 6.45) is 1.92. The summed E-state index contributed by atoms with van der Waals surface area (Å²) in [5.41, 5.74) is 4.35. The Kier molecular flexibility index (Phi) is 4.11. The first-order valence-corrected chi connectivity index (χ1v) is 8.39. The highest BCUT2D eigenvalue weighted by molar-refractivity contribution is 6.05. The van der Waals surface area contributed by atoms with Gasteiger partial charge >= 0.3 is 0 Å². The fourth-order valence-electron chi connectivity index (χ4n) is 3.18. The number of hydrogen-bond acceptors (Lipinski definition) is 4. The molecule has 25 heavy (non-hydrogen) atoms. The lowest BCUT2D eigenvalue weighted by Gasteiger charge is -2.18. The molecule has 4 rings (SSSR count). The van der Waals surface area contributed by atoms with Crippen LogP contribution < -0.4 is 20.7 Å². The molecule has 0 saturated carbocycles. The van der Waals surface area contributed by atoms with E-state index in [0.717, 1.165) is 25.9 Å². The molecule has 2 aromatic carbocycles. The average Bonchev–Trinajstić information content (AvgIpc) is 2.86. The van der Waals surface area contributed by atoms with Crippen molar-refractivity contribution < 1.29 is 14.3 Å². The Morgan fingerprint density at radius 3 is 2.76 bits per heavy atom. The van der Waals surface area contributed by atoms with Crippen LogP contribution >= 0.6 is 0 Å². The molecule has 2 aromatic rings. The van der Waals surface area contributed by atoms with Crippen molar-refractivity contribution in [3.63, 3.8) is 0 Å². The Balaban J connectivity index is 1.53. The maximum absolute atomic E-state index is 12.6. The Labute approximate surface area is 145 Å². The van der Waals surface area contributed by atoms with E-state index in [1.165, 1.54) is 11.1 Å². The van der Waals surface area contributed by atoms with Crippen LogP contribution in [0.5, 0.6) is 5.75 Å². The molecule has 6 heteroatoms. The van der Waals surface area contributed by atoms with Gasteiger partial charge in [-0.2, -0.15) is 0 Å². The lowest BCUT2D eigenvalue weighted by Crippen LogP contribution is -2.25. The molecular weight excluding hydrogens is 318 g/mol. The lowest BCUT2D eigenvalue weighted by atomic mass is 10.00. The third kappa shape index (κ3) is 3.34. The number of hydrogen-bond donors (Lipinski definition) is 3. The fourth-order valence-corrected chi connectivity index (χ4v) is 3.18. The highest BCUT2D eigenvalue weighted by atomic mass is 16.5. The maximum Gasteiger partial charge on any atom is 0.262 e. The molecule has 0 fully saturated rings. The van der Waals surface area contributed by atoms with E-state index in [1.807, 2.05) is 18.2 Å². The minimum absolute atomic E-state index is 0.0166. The number of anilines is 2. The SMILES string of the molecule is O=C1COc2ccc(NC(=O)c3ccc4c(c3)CCNCC4)cc2N1. The summed E-state index contributed by atoms with van der Waals surface area (Å²) in [4.78, 5) is 24.0. The molecule has 0 unspecified atom stereocenters. The van der Waals surface area contributed by atoms with Crippen molar-refractivity contribution in [2.24, 2.45) is 0 Å². The van der Waals surface area contributed by atoms with Crippen LogP contribution in [0.3, 0.4) is 0 Å². The van der Waals surface area contributed by atoms with Gasteiger partial charge in [0, 0.05) is 11.3 Å². The van der Waals surface area contributed by atoms with Gasteiger partial charge in [-0.05, 0) is 67.4 Å². The number of rotatable bonds is 2. The second-order valence-electron chi connectivity index (χ2n) is 6.24. The van der Waals surface area contributed by atoms with Crippen molar-refractivity contribution >= 4 is 23.2 Å². The average molecular weight is 337 g/mol. The van der Waals surface area contributed by atoms with Crippen molar-refractivity contribution in [3.8, 4) is 5.75 Å². The molecule has 0 aliphatic carbocycles. The molecule has 0 bridgehead atoms. The standard InChI is InChI=1S/C19H19N3O3/c23-18-11-25-17-4-3-15(10-16(17)22-18)21-19(24)14-2-1-12-5-7-20-8-6-13(12)9-14/h1-4,9-10,20H,5-8,11H2,(H,21,24)(H,22,23). The molecule has 6 nitrogen and oxygen atoms in total. The Morgan fingerprint density at radius 2 is 1.88 bits per heavy atom. The predicted molar refractivity (Wildman–Crippen MR) is 95.2 cm³/mol. The number of nitrogens with one attached hydrogen (secondary N) is 3. The Hall–Kier alpha value is -2.86. The van der Waals surface area contributed by atoms with Gasteiger partial charge in [-0.1, -0.05) is 6.07 Å². The van der Waals surface area contributed by atoms with E-state index in [1.54, 1.807) is 18.2 Å². The zero-order valence-electron chi connectivity index (χ0n) is 13.7. The molecule has 2 aliphatic rings. The summed E-state index contributed by atoms with van der Waals surface area (Å²) in [6.45, 7) is 1.92. The molecule has 0 radical (unpaired) electrons. The minimum atomic E-state index is -0.199. The van der Waals surface area contributed by atoms with Gasteiger partial charge in [-0.15, -0.1) is 0 Å². The van der Waals surface area contributed by atoms with Crippen LogP contribution in [0.1, 0.15) is 21.5 Å². The lowest BCUT2D eigenvalue weighted by molar-refractivity contribution is -0.118. The van der Waals surface area contributed by atoms with E-state index in [2.05, 4.69) is 16.0 Å². The Bertz CT molecular complexity index is 848. The number of carbonyl (C=O) groups is 2. The van der Waals surface area contributed by atoms with Crippen molar-refractivity contribution in [3.05, 3.63) is 53.1 Å². The normalized spacial score (nSPS) is 15.9. The second kappa shape index (κ2) is 6.57. The van der Waals surface area contributed by atoms with Crippen LogP contribution in [0.2, 0.25) is 0 Å². The van der Waals surface area contributed by atoms with Gasteiger partial charge in [-0.3, -0.25) is 9.59 Å². The fraction of sp³-hybridized carbons (Fsp3) is 0.263. The molecule has 0 atom stereocenters. The number of carbonyl (C=O) groups excluding carboxylic acids is 2. The summed E-state index contributed by atoms with van der Waals surface area (Å²) in [7, 11) is 0. The molecular formula is C19H19N3O3. The van der Waals surface area contributed by atoms with Gasteiger partial charge in [0.25, 0.3) is 11.8 Å². The van der Waals surface area contributed by atoms with Crippen LogP contribution in [0.25, 0.3) is 0 Å². The quantitative estimate of drug-likeness (QED) is 0.783. The molecule has 128 valence electrons. The van der Waals surface area contributed by atoms with Crippen molar-refractivity contribution in [1.29, 1.82) is 0 Å². The largest absolute Gasteiger partial charge is 0.482 e. The molecule has 2 aliphatic heterocycles. The van der Waals surface area contributed by atoms with Crippen LogP contribution in [0.4, 0.5) is 11.4 Å². The summed E-state index contributed by atoms with van der Waals surface area (Å²) < 4.78 is 5.32. The molecule has 0 aromatic heterocycles. The first-order valence-electron chi connectivity index (χ1n) is 8.39. The summed E-state index contributed by atoms with van der Waals surface area (Å²) >= 11 is 0. The van der Waals surface area contributed by atoms with E-state index in [-0.39, 0.29) is 18.4 Å². The summed E-state index contributed by atoms with van der Waals surface area (Å²) in [5, 5.41) is 8.99. The van der Waals surface area contributed by atoms with Crippen LogP contribution in [0, 0.1) is 0 Å². The molecule has 0 saturated heterocycles. The zero-order chi connectivity index (χ0) is 17.2. The predicted octanol–water partition coefficient (Wildman–Crippen LogP) is 1.96. The number of fused-ring (bicyclic) bond motifs is 2. The summed E-state index contributed by atoms with van der Waals surface area (Å²) in [5.74, 6) is 0.244. The van der Waals surface area contributed by atoms with Crippen molar-refractivity contribution in [2.75, 3.05) is 30.3 Å². The molecule has 0 spiro atoms. The van der Waals surface area contributed by atoms with Gasteiger partial charge in [0.2, 0.25) is 0 Å². The number of amides is 2. The highest BCUT2D eigenvalue weighted by Gasteiger charge is 2.17. The third-order valence-electron chi connectivity index (χ3n) is 4.48. The number of ether oxygens (including phenoxy) is 1. The molecule has 2 heterocycles. The first-order chi connectivity index (χ1) is 12.2. The smallest absolute Gasteiger partial charge is 0.262 e. The number of benzene rings is 2. The topological polar surface area (TPSA) is 79.5 Å². The van der Waals surface area contributed by atoms with E-state index in [0.29, 0.717) is 22.7 Å². The van der Waals surface area contributed by atoms with E-state index in [4.69, 9.17) is 4.74 Å². The Morgan fingerprint density at radius 1 is 1.04 bits per heavy atom. The van der Waals surface area contributed by atoms with E-state index < -0.39 is 0 Å². The molecule has 2 amide bonds. The van der Waals surface area contributed by atoms with E-state index in [9.17, 15) is 9.59 Å².